The van der Waals surface area contributed by atoms with Crippen molar-refractivity contribution in [3.8, 4) is 0 Å². The van der Waals surface area contributed by atoms with Crippen molar-refractivity contribution in [3.63, 3.8) is 0 Å². The summed E-state index contributed by atoms with van der Waals surface area (Å²) in [4.78, 5) is 12.5. The number of aliphatic hydroxyl groups is 2. The fourth-order valence-corrected chi connectivity index (χ4v) is 2.58. The van der Waals surface area contributed by atoms with Crippen LogP contribution in [0.5, 0.6) is 0 Å². The van der Waals surface area contributed by atoms with Crippen LogP contribution >= 0.6 is 0 Å². The van der Waals surface area contributed by atoms with Crippen molar-refractivity contribution in [1.82, 2.24) is 0 Å². The molecule has 0 saturated carbocycles. The van der Waals surface area contributed by atoms with Gasteiger partial charge in [0.05, 0.1) is 5.92 Å². The maximum atomic E-state index is 12.5. The third-order valence-electron chi connectivity index (χ3n) is 3.77. The zero-order valence-corrected chi connectivity index (χ0v) is 11.9. The molecule has 2 aromatic rings. The van der Waals surface area contributed by atoms with E-state index < -0.39 is 11.7 Å². The van der Waals surface area contributed by atoms with Gasteiger partial charge in [0.25, 0.3) is 0 Å². The van der Waals surface area contributed by atoms with Crippen molar-refractivity contribution in [2.75, 3.05) is 0 Å². The normalized spacial score (nSPS) is 19.5. The van der Waals surface area contributed by atoms with E-state index in [1.54, 1.807) is 30.3 Å². The van der Waals surface area contributed by atoms with E-state index in [2.05, 4.69) is 0 Å². The van der Waals surface area contributed by atoms with E-state index in [-0.39, 0.29) is 5.78 Å². The van der Waals surface area contributed by atoms with E-state index in [1.807, 2.05) is 36.4 Å². The number of hydrogen-bond donors (Lipinski definition) is 2. The lowest BCUT2D eigenvalue weighted by atomic mass is 9.83. The molecule has 0 bridgehead atoms. The number of allylic oxidation sites excluding steroid dienone is 2. The molecule has 1 unspecified atom stereocenters. The zero-order chi connectivity index (χ0) is 15.6. The molecule has 3 rings (SSSR count). The second-order valence-electron chi connectivity index (χ2n) is 5.32. The molecular weight excluding hydrogens is 276 g/mol. The number of hydrogen-bond acceptors (Lipinski definition) is 3. The summed E-state index contributed by atoms with van der Waals surface area (Å²) in [6, 6.07) is 18.1. The molecule has 0 fully saturated rings. The van der Waals surface area contributed by atoms with Gasteiger partial charge in [0.2, 0.25) is 0 Å². The predicted octanol–water partition coefficient (Wildman–Crippen LogP) is 2.83. The molecule has 110 valence electrons. The Bertz CT molecular complexity index is 728. The van der Waals surface area contributed by atoms with E-state index in [1.165, 1.54) is 12.2 Å². The Morgan fingerprint density at radius 1 is 0.909 bits per heavy atom. The van der Waals surface area contributed by atoms with Crippen LogP contribution in [0.25, 0.3) is 0 Å². The Hall–Kier alpha value is -2.49. The van der Waals surface area contributed by atoms with Gasteiger partial charge in [-0.15, -0.1) is 0 Å². The smallest absolute Gasteiger partial charge is 0.193 e. The molecule has 3 nitrogen and oxygen atoms in total. The van der Waals surface area contributed by atoms with E-state index >= 15 is 0 Å². The summed E-state index contributed by atoms with van der Waals surface area (Å²) in [5.41, 5.74) is 1.78. The van der Waals surface area contributed by atoms with Gasteiger partial charge in [-0.3, -0.25) is 4.79 Å². The third-order valence-corrected chi connectivity index (χ3v) is 3.77. The standard InChI is InChI=1S/C19H16O3/c20-18(15-9-5-2-6-10-15)16-11-12-19(21,22)17(13-16)14-7-3-1-4-8-14/h1-13,17,21-22H. The molecular formula is C19H16O3. The summed E-state index contributed by atoms with van der Waals surface area (Å²) >= 11 is 0. The molecule has 0 amide bonds. The van der Waals surface area contributed by atoms with E-state index in [0.29, 0.717) is 11.1 Å². The molecule has 0 radical (unpaired) electrons. The van der Waals surface area contributed by atoms with Crippen molar-refractivity contribution in [2.45, 2.75) is 11.7 Å². The van der Waals surface area contributed by atoms with Gasteiger partial charge >= 0.3 is 0 Å². The van der Waals surface area contributed by atoms with Crippen molar-refractivity contribution < 1.29 is 15.0 Å². The highest BCUT2D eigenvalue weighted by Gasteiger charge is 2.35. The number of benzene rings is 2. The number of rotatable bonds is 3. The quantitative estimate of drug-likeness (QED) is 0.675. The zero-order valence-electron chi connectivity index (χ0n) is 11.9. The minimum absolute atomic E-state index is 0.131. The van der Waals surface area contributed by atoms with Gasteiger partial charge in [-0.25, -0.2) is 0 Å². The SMILES string of the molecule is O=C(C1=CC(c2ccccc2)C(O)(O)C=C1)c1ccccc1. The van der Waals surface area contributed by atoms with E-state index in [9.17, 15) is 15.0 Å². The summed E-state index contributed by atoms with van der Waals surface area (Å²) in [6.07, 6.45) is 4.35. The Morgan fingerprint density at radius 2 is 1.50 bits per heavy atom. The first-order chi connectivity index (χ1) is 10.6. The Kier molecular flexibility index (Phi) is 3.75. The average Bonchev–Trinajstić information content (AvgIpc) is 2.55. The maximum absolute atomic E-state index is 12.5. The highest BCUT2D eigenvalue weighted by atomic mass is 16.5. The molecule has 0 aromatic heterocycles. The van der Waals surface area contributed by atoms with Crippen LogP contribution < -0.4 is 0 Å². The van der Waals surface area contributed by atoms with Crippen molar-refractivity contribution in [3.05, 3.63) is 95.6 Å². The van der Waals surface area contributed by atoms with Gasteiger partial charge < -0.3 is 10.2 Å². The van der Waals surface area contributed by atoms with Gasteiger partial charge in [-0.1, -0.05) is 72.8 Å². The second kappa shape index (κ2) is 5.72. The average molecular weight is 292 g/mol. The second-order valence-corrected chi connectivity index (χ2v) is 5.32. The number of ketones is 1. The fourth-order valence-electron chi connectivity index (χ4n) is 2.58. The first-order valence-electron chi connectivity index (χ1n) is 7.08. The Balaban J connectivity index is 1.98. The number of carbonyl (C=O) groups excluding carboxylic acids is 1. The van der Waals surface area contributed by atoms with Crippen LogP contribution in [0.1, 0.15) is 21.8 Å². The molecule has 0 spiro atoms. The van der Waals surface area contributed by atoms with E-state index in [4.69, 9.17) is 0 Å². The van der Waals surface area contributed by atoms with Crippen LogP contribution in [0.3, 0.4) is 0 Å². The third kappa shape index (κ3) is 2.77. The lowest BCUT2D eigenvalue weighted by Gasteiger charge is -2.30. The molecule has 2 N–H and O–H groups in total. The minimum atomic E-state index is -2.00. The summed E-state index contributed by atoms with van der Waals surface area (Å²) in [7, 11) is 0. The van der Waals surface area contributed by atoms with Crippen LogP contribution in [0.2, 0.25) is 0 Å². The first-order valence-corrected chi connectivity index (χ1v) is 7.08. The van der Waals surface area contributed by atoms with Crippen molar-refractivity contribution >= 4 is 5.78 Å². The lowest BCUT2D eigenvalue weighted by Crippen LogP contribution is -2.35. The van der Waals surface area contributed by atoms with Gasteiger partial charge in [0.1, 0.15) is 0 Å². The van der Waals surface area contributed by atoms with Crippen LogP contribution in [0.15, 0.2) is 84.5 Å². The van der Waals surface area contributed by atoms with Crippen molar-refractivity contribution in [1.29, 1.82) is 0 Å². The van der Waals surface area contributed by atoms with Crippen LogP contribution in [0.4, 0.5) is 0 Å². The topological polar surface area (TPSA) is 57.5 Å². The lowest BCUT2D eigenvalue weighted by molar-refractivity contribution is -0.128. The summed E-state index contributed by atoms with van der Waals surface area (Å²) < 4.78 is 0. The molecule has 22 heavy (non-hydrogen) atoms. The summed E-state index contributed by atoms with van der Waals surface area (Å²) in [5.74, 6) is -2.81. The predicted molar refractivity (Wildman–Crippen MR) is 84.3 cm³/mol. The molecule has 0 aliphatic heterocycles. The highest BCUT2D eigenvalue weighted by Crippen LogP contribution is 2.34. The molecule has 1 atom stereocenters. The van der Waals surface area contributed by atoms with Gasteiger partial charge in [-0.2, -0.15) is 0 Å². The summed E-state index contributed by atoms with van der Waals surface area (Å²) in [5, 5.41) is 20.3. The monoisotopic (exact) mass is 292 g/mol. The highest BCUT2D eigenvalue weighted by molar-refractivity contribution is 6.10. The molecule has 0 saturated heterocycles. The molecule has 1 aliphatic carbocycles. The van der Waals surface area contributed by atoms with Gasteiger partial charge in [0, 0.05) is 11.1 Å². The Labute approximate surface area is 128 Å². The van der Waals surface area contributed by atoms with Gasteiger partial charge in [0.15, 0.2) is 11.6 Å². The molecule has 3 heteroatoms. The molecule has 1 aliphatic rings. The van der Waals surface area contributed by atoms with Crippen molar-refractivity contribution in [2.24, 2.45) is 0 Å². The van der Waals surface area contributed by atoms with E-state index in [0.717, 1.165) is 5.56 Å². The number of carbonyl (C=O) groups is 1. The molecule has 2 aromatic carbocycles. The van der Waals surface area contributed by atoms with Gasteiger partial charge in [-0.05, 0) is 11.6 Å². The Morgan fingerprint density at radius 3 is 2.14 bits per heavy atom. The number of Topliss-reactive ketones (excluding diaryl/α,β-unsaturated/α-hetero) is 1. The first kappa shape index (κ1) is 14.4. The minimum Gasteiger partial charge on any atom is -0.362 e. The van der Waals surface area contributed by atoms with Crippen LogP contribution in [0, 0.1) is 0 Å². The largest absolute Gasteiger partial charge is 0.362 e. The maximum Gasteiger partial charge on any atom is 0.193 e. The van der Waals surface area contributed by atoms with Crippen LogP contribution in [-0.2, 0) is 0 Å². The summed E-state index contributed by atoms with van der Waals surface area (Å²) in [6.45, 7) is 0. The fraction of sp³-hybridized carbons (Fsp3) is 0.105. The molecule has 0 heterocycles. The van der Waals surface area contributed by atoms with Crippen LogP contribution in [-0.4, -0.2) is 21.8 Å².